The molecular formula is C12H12N4O. The lowest BCUT2D eigenvalue weighted by Gasteiger charge is -2.29. The van der Waals surface area contributed by atoms with Gasteiger partial charge in [-0.05, 0) is 6.07 Å². The Bertz CT molecular complexity index is 578. The Kier molecular flexibility index (Phi) is 2.42. The van der Waals surface area contributed by atoms with E-state index in [1.807, 2.05) is 6.07 Å². The molecule has 1 aliphatic rings. The lowest BCUT2D eigenvalue weighted by molar-refractivity contribution is 0.123. The van der Waals surface area contributed by atoms with Crippen molar-refractivity contribution >= 4 is 16.7 Å². The Balaban J connectivity index is 2.14. The molecule has 17 heavy (non-hydrogen) atoms. The molecule has 0 saturated carbocycles. The fourth-order valence-electron chi connectivity index (χ4n) is 2.20. The molecule has 86 valence electrons. The number of aromatic amines is 1. The van der Waals surface area contributed by atoms with Crippen molar-refractivity contribution in [2.24, 2.45) is 0 Å². The van der Waals surface area contributed by atoms with E-state index in [2.05, 4.69) is 20.9 Å². The highest BCUT2D eigenvalue weighted by atomic mass is 16.5. The Morgan fingerprint density at radius 1 is 1.41 bits per heavy atom. The zero-order valence-electron chi connectivity index (χ0n) is 9.31. The molecule has 3 rings (SSSR count). The number of pyridine rings is 1. The van der Waals surface area contributed by atoms with E-state index in [9.17, 15) is 0 Å². The lowest BCUT2D eigenvalue weighted by Crippen LogP contribution is -2.36. The highest BCUT2D eigenvalue weighted by Gasteiger charge is 2.17. The number of aromatic nitrogens is 2. The van der Waals surface area contributed by atoms with Gasteiger partial charge in [-0.15, -0.1) is 0 Å². The number of hydrogen-bond acceptors (Lipinski definition) is 4. The number of fused-ring (bicyclic) bond motifs is 1. The van der Waals surface area contributed by atoms with Crippen LogP contribution in [0.2, 0.25) is 0 Å². The summed E-state index contributed by atoms with van der Waals surface area (Å²) in [5.41, 5.74) is 2.48. The van der Waals surface area contributed by atoms with Gasteiger partial charge in [-0.1, -0.05) is 0 Å². The summed E-state index contributed by atoms with van der Waals surface area (Å²) >= 11 is 0. The minimum atomic E-state index is 0.648. The molecule has 0 radical (unpaired) electrons. The zero-order valence-corrected chi connectivity index (χ0v) is 9.31. The first-order valence-electron chi connectivity index (χ1n) is 5.59. The van der Waals surface area contributed by atoms with Gasteiger partial charge in [0.15, 0.2) is 0 Å². The molecule has 0 bridgehead atoms. The summed E-state index contributed by atoms with van der Waals surface area (Å²) in [5.74, 6) is 0. The fraction of sp³-hybridized carbons (Fsp3) is 0.333. The molecule has 1 saturated heterocycles. The maximum absolute atomic E-state index is 9.11. The lowest BCUT2D eigenvalue weighted by atomic mass is 10.2. The van der Waals surface area contributed by atoms with Crippen LogP contribution >= 0.6 is 0 Å². The molecule has 0 unspecified atom stereocenters. The largest absolute Gasteiger partial charge is 0.378 e. The first-order chi connectivity index (χ1) is 8.40. The van der Waals surface area contributed by atoms with E-state index in [1.54, 1.807) is 12.4 Å². The number of rotatable bonds is 1. The minimum Gasteiger partial charge on any atom is -0.378 e. The van der Waals surface area contributed by atoms with E-state index < -0.39 is 0 Å². The number of H-pyrrole nitrogens is 1. The van der Waals surface area contributed by atoms with Crippen LogP contribution in [0.3, 0.4) is 0 Å². The van der Waals surface area contributed by atoms with E-state index in [4.69, 9.17) is 10.00 Å². The zero-order chi connectivity index (χ0) is 11.7. The number of nitriles is 1. The van der Waals surface area contributed by atoms with Crippen molar-refractivity contribution in [1.29, 1.82) is 5.26 Å². The molecular weight excluding hydrogens is 216 g/mol. The SMILES string of the molecule is N#Cc1c[nH]c2nccc(N3CCOCC3)c12. The molecule has 0 aliphatic carbocycles. The van der Waals surface area contributed by atoms with Gasteiger partial charge in [0, 0.05) is 25.5 Å². The number of morpholine rings is 1. The van der Waals surface area contributed by atoms with Crippen LogP contribution in [0.4, 0.5) is 5.69 Å². The number of ether oxygens (including phenoxy) is 1. The standard InChI is InChI=1S/C12H12N4O/c13-7-9-8-15-12-11(9)10(1-2-14-12)16-3-5-17-6-4-16/h1-2,8H,3-6H2,(H,14,15). The third-order valence-electron chi connectivity index (χ3n) is 3.02. The third-order valence-corrected chi connectivity index (χ3v) is 3.02. The van der Waals surface area contributed by atoms with Crippen molar-refractivity contribution in [2.45, 2.75) is 0 Å². The monoisotopic (exact) mass is 228 g/mol. The second-order valence-corrected chi connectivity index (χ2v) is 3.97. The summed E-state index contributed by atoms with van der Waals surface area (Å²) in [5, 5.41) is 10.0. The van der Waals surface area contributed by atoms with Crippen LogP contribution in [0.25, 0.3) is 11.0 Å². The summed E-state index contributed by atoms with van der Waals surface area (Å²) in [4.78, 5) is 9.51. The van der Waals surface area contributed by atoms with Gasteiger partial charge in [0.1, 0.15) is 11.7 Å². The van der Waals surface area contributed by atoms with Crippen LogP contribution in [-0.2, 0) is 4.74 Å². The van der Waals surface area contributed by atoms with E-state index in [0.717, 1.165) is 43.0 Å². The summed E-state index contributed by atoms with van der Waals surface area (Å²) in [6.45, 7) is 3.18. The van der Waals surface area contributed by atoms with Crippen LogP contribution in [0.15, 0.2) is 18.5 Å². The van der Waals surface area contributed by atoms with Crippen LogP contribution in [0.1, 0.15) is 5.56 Å². The van der Waals surface area contributed by atoms with Gasteiger partial charge in [0.05, 0.1) is 29.9 Å². The predicted molar refractivity (Wildman–Crippen MR) is 63.8 cm³/mol. The quantitative estimate of drug-likeness (QED) is 0.798. The second-order valence-electron chi connectivity index (χ2n) is 3.97. The van der Waals surface area contributed by atoms with Gasteiger partial charge < -0.3 is 14.6 Å². The molecule has 1 aliphatic heterocycles. The normalized spacial score (nSPS) is 16.1. The molecule has 2 aromatic heterocycles. The maximum Gasteiger partial charge on any atom is 0.140 e. The van der Waals surface area contributed by atoms with E-state index >= 15 is 0 Å². The smallest absolute Gasteiger partial charge is 0.140 e. The number of hydrogen-bond donors (Lipinski definition) is 1. The maximum atomic E-state index is 9.11. The molecule has 5 heteroatoms. The summed E-state index contributed by atoms with van der Waals surface area (Å²) in [6.07, 6.45) is 3.48. The number of anilines is 1. The number of nitrogens with zero attached hydrogens (tertiary/aromatic N) is 3. The Labute approximate surface area is 98.6 Å². The molecule has 0 aromatic carbocycles. The van der Waals surface area contributed by atoms with Crippen molar-refractivity contribution in [3.05, 3.63) is 24.0 Å². The highest BCUT2D eigenvalue weighted by molar-refractivity contribution is 5.94. The number of nitrogens with one attached hydrogen (secondary N) is 1. The second kappa shape index (κ2) is 4.07. The van der Waals surface area contributed by atoms with E-state index in [0.29, 0.717) is 5.56 Å². The average Bonchev–Trinajstić information content (AvgIpc) is 2.82. The van der Waals surface area contributed by atoms with Gasteiger partial charge >= 0.3 is 0 Å². The van der Waals surface area contributed by atoms with E-state index in [-0.39, 0.29) is 0 Å². The third kappa shape index (κ3) is 1.63. The molecule has 1 fully saturated rings. The molecule has 0 amide bonds. The molecule has 5 nitrogen and oxygen atoms in total. The summed E-state index contributed by atoms with van der Waals surface area (Å²) in [6, 6.07) is 4.16. The van der Waals surface area contributed by atoms with Gasteiger partial charge in [-0.3, -0.25) is 0 Å². The van der Waals surface area contributed by atoms with Gasteiger partial charge in [0.2, 0.25) is 0 Å². The molecule has 0 atom stereocenters. The average molecular weight is 228 g/mol. The Hall–Kier alpha value is -2.06. The summed E-state index contributed by atoms with van der Waals surface area (Å²) in [7, 11) is 0. The first kappa shape index (κ1) is 10.1. The Morgan fingerprint density at radius 3 is 3.00 bits per heavy atom. The van der Waals surface area contributed by atoms with Crippen LogP contribution in [-0.4, -0.2) is 36.3 Å². The highest BCUT2D eigenvalue weighted by Crippen LogP contribution is 2.28. The fourth-order valence-corrected chi connectivity index (χ4v) is 2.20. The van der Waals surface area contributed by atoms with Crippen LogP contribution in [0, 0.1) is 11.3 Å². The topological polar surface area (TPSA) is 64.9 Å². The predicted octanol–water partition coefficient (Wildman–Crippen LogP) is 1.27. The summed E-state index contributed by atoms with van der Waals surface area (Å²) < 4.78 is 5.34. The van der Waals surface area contributed by atoms with Crippen molar-refractivity contribution in [3.8, 4) is 6.07 Å². The van der Waals surface area contributed by atoms with Crippen molar-refractivity contribution in [2.75, 3.05) is 31.2 Å². The Morgan fingerprint density at radius 2 is 2.24 bits per heavy atom. The van der Waals surface area contributed by atoms with E-state index in [1.165, 1.54) is 0 Å². The van der Waals surface area contributed by atoms with Gasteiger partial charge in [0.25, 0.3) is 0 Å². The molecule has 0 spiro atoms. The van der Waals surface area contributed by atoms with Gasteiger partial charge in [-0.2, -0.15) is 5.26 Å². The van der Waals surface area contributed by atoms with Crippen LogP contribution < -0.4 is 4.90 Å². The van der Waals surface area contributed by atoms with Gasteiger partial charge in [-0.25, -0.2) is 4.98 Å². The molecule has 1 N–H and O–H groups in total. The molecule has 3 heterocycles. The van der Waals surface area contributed by atoms with Crippen molar-refractivity contribution in [3.63, 3.8) is 0 Å². The molecule has 2 aromatic rings. The minimum absolute atomic E-state index is 0.648. The first-order valence-corrected chi connectivity index (χ1v) is 5.59. The van der Waals surface area contributed by atoms with Crippen molar-refractivity contribution in [1.82, 2.24) is 9.97 Å². The van der Waals surface area contributed by atoms with Crippen molar-refractivity contribution < 1.29 is 4.74 Å². The van der Waals surface area contributed by atoms with Crippen LogP contribution in [0.5, 0.6) is 0 Å².